The van der Waals surface area contributed by atoms with Gasteiger partial charge in [-0.15, -0.1) is 0 Å². The van der Waals surface area contributed by atoms with Gasteiger partial charge < -0.3 is 10.1 Å². The van der Waals surface area contributed by atoms with Crippen molar-refractivity contribution in [2.75, 3.05) is 6.61 Å². The summed E-state index contributed by atoms with van der Waals surface area (Å²) in [5.74, 6) is 0.816. The molecule has 1 aromatic rings. The van der Waals surface area contributed by atoms with Crippen LogP contribution in [-0.2, 0) is 6.54 Å². The maximum Gasteiger partial charge on any atom is 0.125 e. The molecular formula is C13H15Cl2NO. The zero-order chi connectivity index (χ0) is 12.1. The minimum atomic E-state index is 0.310. The first-order valence-electron chi connectivity index (χ1n) is 5.68. The number of nitrogens with one attached hydrogen (secondary N) is 1. The fourth-order valence-corrected chi connectivity index (χ4v) is 1.60. The Bertz CT molecular complexity index is 402. The van der Waals surface area contributed by atoms with Crippen molar-refractivity contribution in [3.8, 4) is 5.75 Å². The van der Waals surface area contributed by atoms with Crippen LogP contribution < -0.4 is 10.1 Å². The van der Waals surface area contributed by atoms with E-state index in [2.05, 4.69) is 11.4 Å². The molecule has 2 nitrogen and oxygen atoms in total. The second kappa shape index (κ2) is 6.29. The van der Waals surface area contributed by atoms with E-state index in [4.69, 9.17) is 27.9 Å². The second-order valence-electron chi connectivity index (χ2n) is 4.15. The number of rotatable bonds is 6. The van der Waals surface area contributed by atoms with E-state index in [0.717, 1.165) is 12.3 Å². The normalized spacial score (nSPS) is 16.0. The van der Waals surface area contributed by atoms with E-state index in [1.807, 2.05) is 18.2 Å². The summed E-state index contributed by atoms with van der Waals surface area (Å²) in [5, 5.41) is 3.96. The third kappa shape index (κ3) is 4.58. The van der Waals surface area contributed by atoms with Gasteiger partial charge in [-0.3, -0.25) is 0 Å². The van der Waals surface area contributed by atoms with Crippen LogP contribution in [0, 0.1) is 0 Å². The summed E-state index contributed by atoms with van der Waals surface area (Å²) in [6, 6.07) is 8.72. The van der Waals surface area contributed by atoms with Crippen LogP contribution in [0.2, 0.25) is 0 Å². The Morgan fingerprint density at radius 1 is 1.47 bits per heavy atom. The van der Waals surface area contributed by atoms with Gasteiger partial charge in [0.2, 0.25) is 0 Å². The van der Waals surface area contributed by atoms with Gasteiger partial charge in [-0.25, -0.2) is 0 Å². The van der Waals surface area contributed by atoms with Crippen molar-refractivity contribution in [3.05, 3.63) is 40.4 Å². The minimum Gasteiger partial charge on any atom is -0.488 e. The monoisotopic (exact) mass is 271 g/mol. The number of halogens is 2. The summed E-state index contributed by atoms with van der Waals surface area (Å²) in [4.78, 5) is 0. The molecule has 0 aromatic heterocycles. The van der Waals surface area contributed by atoms with Crippen molar-refractivity contribution in [2.24, 2.45) is 0 Å². The smallest absolute Gasteiger partial charge is 0.125 e. The zero-order valence-corrected chi connectivity index (χ0v) is 11.0. The fraction of sp³-hybridized carbons (Fsp3) is 0.385. The molecule has 0 bridgehead atoms. The van der Waals surface area contributed by atoms with Gasteiger partial charge in [-0.05, 0) is 30.5 Å². The van der Waals surface area contributed by atoms with Crippen molar-refractivity contribution < 1.29 is 4.74 Å². The summed E-state index contributed by atoms with van der Waals surface area (Å²) < 4.78 is 5.51. The Morgan fingerprint density at radius 3 is 3.00 bits per heavy atom. The minimum absolute atomic E-state index is 0.310. The number of hydrogen-bond donors (Lipinski definition) is 1. The quantitative estimate of drug-likeness (QED) is 0.853. The molecule has 1 aliphatic carbocycles. The average Bonchev–Trinajstić information content (AvgIpc) is 3.18. The highest BCUT2D eigenvalue weighted by Crippen LogP contribution is 2.20. The summed E-state index contributed by atoms with van der Waals surface area (Å²) in [6.07, 6.45) is 2.60. The molecule has 1 N–H and O–H groups in total. The molecule has 0 amide bonds. The lowest BCUT2D eigenvalue weighted by Crippen LogP contribution is -2.15. The van der Waals surface area contributed by atoms with Crippen LogP contribution in [0.25, 0.3) is 0 Å². The van der Waals surface area contributed by atoms with Gasteiger partial charge in [0.05, 0.1) is 5.03 Å². The van der Waals surface area contributed by atoms with Crippen molar-refractivity contribution in [1.29, 1.82) is 0 Å². The lowest BCUT2D eigenvalue weighted by Gasteiger charge is -2.08. The zero-order valence-electron chi connectivity index (χ0n) is 9.46. The predicted molar refractivity (Wildman–Crippen MR) is 71.6 cm³/mol. The summed E-state index contributed by atoms with van der Waals surface area (Å²) in [6.45, 7) is 1.20. The van der Waals surface area contributed by atoms with Crippen LogP contribution in [0.3, 0.4) is 0 Å². The summed E-state index contributed by atoms with van der Waals surface area (Å²) in [7, 11) is 0. The Balaban J connectivity index is 1.86. The SMILES string of the molecule is ClC=C(Cl)COc1cccc(CNC2CC2)c1. The first kappa shape index (κ1) is 12.7. The average molecular weight is 272 g/mol. The standard InChI is InChI=1S/C13H15Cl2NO/c14-7-11(15)9-17-13-3-1-2-10(6-13)8-16-12-4-5-12/h1-3,6-7,12,16H,4-5,8-9H2. The highest BCUT2D eigenvalue weighted by atomic mass is 35.5. The van der Waals surface area contributed by atoms with Gasteiger partial charge in [0.25, 0.3) is 0 Å². The molecule has 1 saturated carbocycles. The van der Waals surface area contributed by atoms with Crippen LogP contribution >= 0.6 is 23.2 Å². The molecule has 0 saturated heterocycles. The lowest BCUT2D eigenvalue weighted by atomic mass is 10.2. The van der Waals surface area contributed by atoms with Gasteiger partial charge in [-0.1, -0.05) is 35.3 Å². The maximum absolute atomic E-state index is 5.76. The Morgan fingerprint density at radius 2 is 2.29 bits per heavy atom. The number of hydrogen-bond acceptors (Lipinski definition) is 2. The van der Waals surface area contributed by atoms with E-state index in [-0.39, 0.29) is 0 Å². The first-order chi connectivity index (χ1) is 8.28. The third-order valence-corrected chi connectivity index (χ3v) is 3.16. The summed E-state index contributed by atoms with van der Waals surface area (Å²) >= 11 is 11.2. The van der Waals surface area contributed by atoms with E-state index >= 15 is 0 Å². The van der Waals surface area contributed by atoms with Crippen LogP contribution in [0.4, 0.5) is 0 Å². The van der Waals surface area contributed by atoms with Gasteiger partial charge in [0.15, 0.2) is 0 Å². The third-order valence-electron chi connectivity index (χ3n) is 2.57. The molecule has 0 aliphatic heterocycles. The van der Waals surface area contributed by atoms with E-state index in [9.17, 15) is 0 Å². The molecule has 2 rings (SSSR count). The predicted octanol–water partition coefficient (Wildman–Crippen LogP) is 3.64. The number of ether oxygens (including phenoxy) is 1. The molecule has 0 heterocycles. The summed E-state index contributed by atoms with van der Waals surface area (Å²) in [5.41, 5.74) is 2.54. The van der Waals surface area contributed by atoms with Gasteiger partial charge in [-0.2, -0.15) is 0 Å². The molecule has 4 heteroatoms. The largest absolute Gasteiger partial charge is 0.488 e. The highest BCUT2D eigenvalue weighted by molar-refractivity contribution is 6.36. The molecule has 17 heavy (non-hydrogen) atoms. The van der Waals surface area contributed by atoms with E-state index < -0.39 is 0 Å². The maximum atomic E-state index is 5.76. The highest BCUT2D eigenvalue weighted by Gasteiger charge is 2.19. The number of benzene rings is 1. The topological polar surface area (TPSA) is 21.3 Å². The molecule has 92 valence electrons. The Hall–Kier alpha value is -0.700. The Labute approximate surface area is 112 Å². The van der Waals surface area contributed by atoms with Crippen molar-refractivity contribution in [1.82, 2.24) is 5.32 Å². The van der Waals surface area contributed by atoms with Crippen LogP contribution in [0.1, 0.15) is 18.4 Å². The molecule has 1 aromatic carbocycles. The van der Waals surface area contributed by atoms with Crippen molar-refractivity contribution in [2.45, 2.75) is 25.4 Å². The van der Waals surface area contributed by atoms with Crippen molar-refractivity contribution in [3.63, 3.8) is 0 Å². The van der Waals surface area contributed by atoms with Gasteiger partial charge >= 0.3 is 0 Å². The molecule has 1 fully saturated rings. The molecule has 0 unspecified atom stereocenters. The van der Waals surface area contributed by atoms with E-state index in [0.29, 0.717) is 17.7 Å². The van der Waals surface area contributed by atoms with Crippen LogP contribution in [-0.4, -0.2) is 12.6 Å². The van der Waals surface area contributed by atoms with E-state index in [1.165, 1.54) is 23.9 Å². The molecular weight excluding hydrogens is 257 g/mol. The molecule has 0 spiro atoms. The van der Waals surface area contributed by atoms with E-state index in [1.54, 1.807) is 0 Å². The molecule has 0 atom stereocenters. The fourth-order valence-electron chi connectivity index (χ4n) is 1.48. The molecule has 1 aliphatic rings. The molecule has 0 radical (unpaired) electrons. The van der Waals surface area contributed by atoms with Gasteiger partial charge in [0, 0.05) is 18.1 Å². The van der Waals surface area contributed by atoms with Crippen LogP contribution in [0.5, 0.6) is 5.75 Å². The van der Waals surface area contributed by atoms with Crippen molar-refractivity contribution >= 4 is 23.2 Å². The van der Waals surface area contributed by atoms with Crippen LogP contribution in [0.15, 0.2) is 34.8 Å². The Kier molecular flexibility index (Phi) is 4.72. The lowest BCUT2D eigenvalue weighted by molar-refractivity contribution is 0.359. The van der Waals surface area contributed by atoms with Gasteiger partial charge in [0.1, 0.15) is 12.4 Å². The first-order valence-corrected chi connectivity index (χ1v) is 6.49. The second-order valence-corrected chi connectivity index (χ2v) is 4.85.